The molecule has 16 heavy (non-hydrogen) atoms. The molecule has 0 fully saturated rings. The highest BCUT2D eigenvalue weighted by molar-refractivity contribution is 6.65. The van der Waals surface area contributed by atoms with Gasteiger partial charge in [0.2, 0.25) is 5.24 Å². The van der Waals surface area contributed by atoms with Crippen molar-refractivity contribution in [3.05, 3.63) is 29.8 Å². The molecule has 1 unspecified atom stereocenters. The van der Waals surface area contributed by atoms with Crippen LogP contribution in [0.2, 0.25) is 0 Å². The average molecular weight is 240 g/mol. The Kier molecular flexibility index (Phi) is 4.81. The number of anilines is 1. The van der Waals surface area contributed by atoms with Crippen LogP contribution in [0.3, 0.4) is 0 Å². The Morgan fingerprint density at radius 3 is 2.25 bits per heavy atom. The summed E-state index contributed by atoms with van der Waals surface area (Å²) < 4.78 is 0. The lowest BCUT2D eigenvalue weighted by Gasteiger charge is -2.19. The van der Waals surface area contributed by atoms with Crippen LogP contribution in [-0.4, -0.2) is 11.3 Å². The van der Waals surface area contributed by atoms with E-state index in [0.29, 0.717) is 0 Å². The minimum absolute atomic E-state index is 0.177. The third kappa shape index (κ3) is 3.53. The summed E-state index contributed by atoms with van der Waals surface area (Å²) in [5, 5.41) is 2.81. The van der Waals surface area contributed by atoms with Crippen molar-refractivity contribution in [1.29, 1.82) is 0 Å². The molecule has 0 aliphatic carbocycles. The monoisotopic (exact) mass is 239 g/mol. The molecule has 0 aromatic heterocycles. The fourth-order valence-electron chi connectivity index (χ4n) is 1.50. The van der Waals surface area contributed by atoms with Crippen LogP contribution in [-0.2, 0) is 11.2 Å². The second kappa shape index (κ2) is 5.90. The number of benzene rings is 1. The van der Waals surface area contributed by atoms with Gasteiger partial charge in [-0.1, -0.05) is 32.9 Å². The highest BCUT2D eigenvalue weighted by Gasteiger charge is 2.19. The molecule has 1 N–H and O–H groups in total. The predicted octanol–water partition coefficient (Wildman–Crippen LogP) is 3.45. The summed E-state index contributed by atoms with van der Waals surface area (Å²) in [5.41, 5.74) is 2.22. The van der Waals surface area contributed by atoms with Crippen LogP contribution in [0.25, 0.3) is 0 Å². The Bertz CT molecular complexity index is 345. The molecule has 1 rings (SSSR count). The summed E-state index contributed by atoms with van der Waals surface area (Å²) in [6.07, 6.45) is 1.02. The SMILES string of the molecule is CCc1ccc(NC(C(=O)Cl)C(C)C)cc1. The Labute approximate surface area is 102 Å². The van der Waals surface area contributed by atoms with Crippen molar-refractivity contribution < 1.29 is 4.79 Å². The molecular weight excluding hydrogens is 222 g/mol. The van der Waals surface area contributed by atoms with Crippen LogP contribution in [0.4, 0.5) is 5.69 Å². The summed E-state index contributed by atoms with van der Waals surface area (Å²) in [4.78, 5) is 11.2. The number of halogens is 1. The zero-order chi connectivity index (χ0) is 12.1. The van der Waals surface area contributed by atoms with E-state index in [9.17, 15) is 4.79 Å². The van der Waals surface area contributed by atoms with Crippen molar-refractivity contribution in [3.8, 4) is 0 Å². The standard InChI is InChI=1S/C13H18ClNO/c1-4-10-5-7-11(8-6-10)15-12(9(2)3)13(14)16/h5-9,12,15H,4H2,1-3H3. The minimum Gasteiger partial charge on any atom is -0.374 e. The van der Waals surface area contributed by atoms with E-state index in [4.69, 9.17) is 11.6 Å². The maximum absolute atomic E-state index is 11.2. The van der Waals surface area contributed by atoms with Crippen molar-refractivity contribution >= 4 is 22.5 Å². The molecular formula is C13H18ClNO. The van der Waals surface area contributed by atoms with Gasteiger partial charge in [-0.3, -0.25) is 4.79 Å². The van der Waals surface area contributed by atoms with E-state index in [1.54, 1.807) is 0 Å². The number of carbonyl (C=O) groups excluding carboxylic acids is 1. The summed E-state index contributed by atoms with van der Waals surface area (Å²) in [7, 11) is 0. The van der Waals surface area contributed by atoms with Gasteiger partial charge in [0.1, 0.15) is 6.04 Å². The molecule has 3 heteroatoms. The largest absolute Gasteiger partial charge is 0.374 e. The summed E-state index contributed by atoms with van der Waals surface area (Å²) >= 11 is 5.55. The van der Waals surface area contributed by atoms with E-state index in [1.807, 2.05) is 26.0 Å². The molecule has 0 bridgehead atoms. The summed E-state index contributed by atoms with van der Waals surface area (Å²) in [5.74, 6) is 0.177. The molecule has 0 spiro atoms. The first kappa shape index (κ1) is 13.0. The van der Waals surface area contributed by atoms with Crippen LogP contribution < -0.4 is 5.32 Å². The number of aryl methyl sites for hydroxylation is 1. The second-order valence-corrected chi connectivity index (χ2v) is 4.59. The van der Waals surface area contributed by atoms with E-state index >= 15 is 0 Å². The molecule has 0 aliphatic rings. The minimum atomic E-state index is -0.338. The maximum Gasteiger partial charge on any atom is 0.244 e. The zero-order valence-corrected chi connectivity index (χ0v) is 10.7. The molecule has 0 saturated heterocycles. The highest BCUT2D eigenvalue weighted by Crippen LogP contribution is 2.15. The Balaban J connectivity index is 2.74. The molecule has 0 radical (unpaired) electrons. The summed E-state index contributed by atoms with van der Waals surface area (Å²) in [6, 6.07) is 7.74. The third-order valence-electron chi connectivity index (χ3n) is 2.60. The van der Waals surface area contributed by atoms with Gasteiger partial charge < -0.3 is 5.32 Å². The average Bonchev–Trinajstić information content (AvgIpc) is 2.25. The molecule has 1 aromatic carbocycles. The first-order valence-electron chi connectivity index (χ1n) is 5.59. The molecule has 0 aliphatic heterocycles. The zero-order valence-electron chi connectivity index (χ0n) is 9.96. The van der Waals surface area contributed by atoms with E-state index in [1.165, 1.54) is 5.56 Å². The van der Waals surface area contributed by atoms with Gasteiger partial charge in [0, 0.05) is 5.69 Å². The van der Waals surface area contributed by atoms with Gasteiger partial charge in [-0.05, 0) is 41.6 Å². The fraction of sp³-hybridized carbons (Fsp3) is 0.462. The van der Waals surface area contributed by atoms with Gasteiger partial charge in [0.15, 0.2) is 0 Å². The quantitative estimate of drug-likeness (QED) is 0.798. The van der Waals surface area contributed by atoms with Crippen molar-refractivity contribution in [2.24, 2.45) is 5.92 Å². The van der Waals surface area contributed by atoms with Crippen LogP contribution in [0.15, 0.2) is 24.3 Å². The lowest BCUT2D eigenvalue weighted by atomic mass is 10.1. The molecule has 0 amide bonds. The van der Waals surface area contributed by atoms with Crippen LogP contribution >= 0.6 is 11.6 Å². The molecule has 1 atom stereocenters. The van der Waals surface area contributed by atoms with Crippen molar-refractivity contribution in [3.63, 3.8) is 0 Å². The van der Waals surface area contributed by atoms with E-state index in [0.717, 1.165) is 12.1 Å². The number of hydrogen-bond acceptors (Lipinski definition) is 2. The van der Waals surface area contributed by atoms with Crippen LogP contribution in [0, 0.1) is 5.92 Å². The Morgan fingerprint density at radius 1 is 1.31 bits per heavy atom. The smallest absolute Gasteiger partial charge is 0.244 e. The Morgan fingerprint density at radius 2 is 1.88 bits per heavy atom. The first-order chi connectivity index (χ1) is 7.54. The van der Waals surface area contributed by atoms with Crippen LogP contribution in [0.5, 0.6) is 0 Å². The molecule has 2 nitrogen and oxygen atoms in total. The molecule has 1 aromatic rings. The maximum atomic E-state index is 11.2. The summed E-state index contributed by atoms with van der Waals surface area (Å²) in [6.45, 7) is 6.05. The second-order valence-electron chi connectivity index (χ2n) is 4.22. The molecule has 0 saturated carbocycles. The van der Waals surface area contributed by atoms with E-state index < -0.39 is 0 Å². The number of hydrogen-bond donors (Lipinski definition) is 1. The lowest BCUT2D eigenvalue weighted by molar-refractivity contribution is -0.113. The van der Waals surface area contributed by atoms with Crippen molar-refractivity contribution in [1.82, 2.24) is 0 Å². The van der Waals surface area contributed by atoms with Gasteiger partial charge in [-0.15, -0.1) is 0 Å². The highest BCUT2D eigenvalue weighted by atomic mass is 35.5. The first-order valence-corrected chi connectivity index (χ1v) is 5.97. The van der Waals surface area contributed by atoms with Gasteiger partial charge in [0.25, 0.3) is 0 Å². The van der Waals surface area contributed by atoms with E-state index in [-0.39, 0.29) is 17.2 Å². The van der Waals surface area contributed by atoms with Gasteiger partial charge >= 0.3 is 0 Å². The fourth-order valence-corrected chi connectivity index (χ4v) is 1.81. The molecule has 88 valence electrons. The van der Waals surface area contributed by atoms with Crippen molar-refractivity contribution in [2.45, 2.75) is 33.2 Å². The van der Waals surface area contributed by atoms with Gasteiger partial charge in [0.05, 0.1) is 0 Å². The number of rotatable bonds is 5. The number of nitrogens with one attached hydrogen (secondary N) is 1. The van der Waals surface area contributed by atoms with Crippen molar-refractivity contribution in [2.75, 3.05) is 5.32 Å². The Hall–Kier alpha value is -1.02. The normalized spacial score (nSPS) is 12.6. The van der Waals surface area contributed by atoms with Gasteiger partial charge in [-0.25, -0.2) is 0 Å². The predicted molar refractivity (Wildman–Crippen MR) is 68.9 cm³/mol. The topological polar surface area (TPSA) is 29.1 Å². The third-order valence-corrected chi connectivity index (χ3v) is 2.83. The molecule has 0 heterocycles. The van der Waals surface area contributed by atoms with E-state index in [2.05, 4.69) is 24.4 Å². The van der Waals surface area contributed by atoms with Crippen LogP contribution in [0.1, 0.15) is 26.3 Å². The lowest BCUT2D eigenvalue weighted by Crippen LogP contribution is -2.31. The number of carbonyl (C=O) groups is 1. The van der Waals surface area contributed by atoms with Gasteiger partial charge in [-0.2, -0.15) is 0 Å².